The van der Waals surface area contributed by atoms with Gasteiger partial charge in [0.2, 0.25) is 0 Å². The highest BCUT2D eigenvalue weighted by atomic mass is 35.5. The van der Waals surface area contributed by atoms with Crippen LogP contribution in [0.1, 0.15) is 19.4 Å². The molecule has 0 amide bonds. The van der Waals surface area contributed by atoms with Crippen LogP contribution in [0.3, 0.4) is 0 Å². The number of hydrogen-bond donors (Lipinski definition) is 1. The molecule has 0 aliphatic carbocycles. The third-order valence-electron chi connectivity index (χ3n) is 3.83. The quantitative estimate of drug-likeness (QED) is 0.157. The number of nitrogens with zero attached hydrogens (tertiary/aromatic N) is 1. The minimum Gasteiger partial charge on any atom is -0.454 e. The highest BCUT2D eigenvalue weighted by molar-refractivity contribution is 8.00. The van der Waals surface area contributed by atoms with E-state index in [0.29, 0.717) is 22.6 Å². The summed E-state index contributed by atoms with van der Waals surface area (Å²) in [4.78, 5) is 10.8. The first-order chi connectivity index (χ1) is 15.2. The van der Waals surface area contributed by atoms with Gasteiger partial charge < -0.3 is 9.46 Å². The van der Waals surface area contributed by atoms with Gasteiger partial charge >= 0.3 is 0 Å². The predicted octanol–water partition coefficient (Wildman–Crippen LogP) is 8.57. The molecule has 0 aliphatic rings. The Morgan fingerprint density at radius 3 is 2.22 bits per heavy atom. The molecule has 3 rings (SSSR count). The van der Waals surface area contributed by atoms with Gasteiger partial charge in [-0.2, -0.15) is 0 Å². The zero-order valence-corrected chi connectivity index (χ0v) is 19.3. The number of ether oxygens (including phenoxy) is 1. The van der Waals surface area contributed by atoms with Crippen LogP contribution in [0.2, 0.25) is 10.0 Å². The number of non-ortho nitro benzene ring substituents is 1. The molecule has 5 nitrogen and oxygen atoms in total. The molecule has 170 valence electrons. The summed E-state index contributed by atoms with van der Waals surface area (Å²) in [5, 5.41) is 11.0. The van der Waals surface area contributed by atoms with Crippen molar-refractivity contribution >= 4 is 46.5 Å². The predicted molar refractivity (Wildman–Crippen MR) is 122 cm³/mol. The zero-order valence-electron chi connectivity index (χ0n) is 17.0. The summed E-state index contributed by atoms with van der Waals surface area (Å²) in [6.07, 6.45) is 0. The smallest absolute Gasteiger partial charge is 0.271 e. The second-order valence-electron chi connectivity index (χ2n) is 5.98. The summed E-state index contributed by atoms with van der Waals surface area (Å²) < 4.78 is 48.3. The van der Waals surface area contributed by atoms with Crippen molar-refractivity contribution in [2.24, 2.45) is 0 Å². The molecule has 0 aromatic heterocycles. The Hall–Kier alpha value is -2.62. The Kier molecular flexibility index (Phi) is 9.06. The van der Waals surface area contributed by atoms with Crippen molar-refractivity contribution in [3.8, 4) is 11.5 Å². The van der Waals surface area contributed by atoms with Crippen molar-refractivity contribution in [3.63, 3.8) is 0 Å². The molecule has 0 radical (unpaired) electrons. The van der Waals surface area contributed by atoms with Crippen molar-refractivity contribution in [2.45, 2.75) is 25.7 Å². The Morgan fingerprint density at radius 2 is 1.62 bits per heavy atom. The Balaban J connectivity index is 0.00000176. The standard InChI is InChI=1S/C19H11Cl2F3N2O3S.C2H6/c1-9-4-11(30-25-17-8-15(23)14(22)7-16(17)24)6-13(21)19(9)29-18-3-2-10(26(27)28)5-12(18)20;1-2/h2-8,25H,1H3;1-2H3. The number of aryl methyl sites for hydroxylation is 1. The largest absolute Gasteiger partial charge is 0.454 e. The van der Waals surface area contributed by atoms with E-state index in [4.69, 9.17) is 27.9 Å². The molecule has 0 saturated carbocycles. The fourth-order valence-electron chi connectivity index (χ4n) is 2.40. The molecule has 0 saturated heterocycles. The van der Waals surface area contributed by atoms with Crippen molar-refractivity contribution in [1.29, 1.82) is 0 Å². The summed E-state index contributed by atoms with van der Waals surface area (Å²) in [5.74, 6) is -2.96. The second kappa shape index (κ2) is 11.3. The molecule has 3 aromatic rings. The molecule has 0 heterocycles. The molecular formula is C21H17Cl2F3N2O3S. The maximum atomic E-state index is 13.7. The first-order valence-electron chi connectivity index (χ1n) is 9.15. The summed E-state index contributed by atoms with van der Waals surface area (Å²) in [6.45, 7) is 5.70. The maximum Gasteiger partial charge on any atom is 0.271 e. The molecule has 0 aliphatic heterocycles. The molecule has 0 spiro atoms. The van der Waals surface area contributed by atoms with Gasteiger partial charge in [-0.1, -0.05) is 37.0 Å². The number of benzene rings is 3. The highest BCUT2D eigenvalue weighted by Gasteiger charge is 2.15. The van der Waals surface area contributed by atoms with Gasteiger partial charge in [-0.25, -0.2) is 13.2 Å². The summed E-state index contributed by atoms with van der Waals surface area (Å²) in [6, 6.07) is 8.09. The van der Waals surface area contributed by atoms with Crippen LogP contribution in [0.15, 0.2) is 47.4 Å². The van der Waals surface area contributed by atoms with E-state index >= 15 is 0 Å². The van der Waals surface area contributed by atoms with Crippen molar-refractivity contribution in [2.75, 3.05) is 4.72 Å². The van der Waals surface area contributed by atoms with Gasteiger partial charge in [-0.15, -0.1) is 0 Å². The lowest BCUT2D eigenvalue weighted by Crippen LogP contribution is -1.96. The van der Waals surface area contributed by atoms with E-state index in [1.807, 2.05) is 13.8 Å². The van der Waals surface area contributed by atoms with Crippen molar-refractivity contribution in [1.82, 2.24) is 0 Å². The number of nitrogens with one attached hydrogen (secondary N) is 1. The fourth-order valence-corrected chi connectivity index (χ4v) is 3.78. The molecule has 0 fully saturated rings. The summed E-state index contributed by atoms with van der Waals surface area (Å²) in [7, 11) is 0. The van der Waals surface area contributed by atoms with Crippen LogP contribution in [0.4, 0.5) is 24.5 Å². The summed E-state index contributed by atoms with van der Waals surface area (Å²) in [5.41, 5.74) is 0.176. The van der Waals surface area contributed by atoms with E-state index in [-0.39, 0.29) is 32.9 Å². The Bertz CT molecular complexity index is 1130. The molecule has 1 N–H and O–H groups in total. The first-order valence-corrected chi connectivity index (χ1v) is 10.7. The lowest BCUT2D eigenvalue weighted by atomic mass is 10.2. The summed E-state index contributed by atoms with van der Waals surface area (Å²) >= 11 is 13.2. The van der Waals surface area contributed by atoms with Gasteiger partial charge in [0, 0.05) is 29.2 Å². The van der Waals surface area contributed by atoms with Crippen LogP contribution in [0.5, 0.6) is 11.5 Å². The van der Waals surface area contributed by atoms with Crippen molar-refractivity contribution in [3.05, 3.63) is 85.6 Å². The normalized spacial score (nSPS) is 10.2. The zero-order chi connectivity index (χ0) is 24.0. The highest BCUT2D eigenvalue weighted by Crippen LogP contribution is 2.39. The van der Waals surface area contributed by atoms with Crippen LogP contribution < -0.4 is 9.46 Å². The van der Waals surface area contributed by atoms with E-state index in [9.17, 15) is 23.3 Å². The van der Waals surface area contributed by atoms with E-state index in [0.717, 1.165) is 18.0 Å². The van der Waals surface area contributed by atoms with Crippen LogP contribution in [0, 0.1) is 34.5 Å². The molecule has 11 heteroatoms. The average molecular weight is 505 g/mol. The molecule has 0 unspecified atom stereocenters. The Labute approximate surface area is 196 Å². The van der Waals surface area contributed by atoms with E-state index in [1.54, 1.807) is 13.0 Å². The molecule has 0 atom stereocenters. The monoisotopic (exact) mass is 504 g/mol. The SMILES string of the molecule is CC.Cc1cc(SNc2cc(F)c(F)cc2F)cc(Cl)c1Oc1ccc([N+](=O)[O-])cc1Cl. The molecule has 0 bridgehead atoms. The number of nitro groups is 1. The molecule has 32 heavy (non-hydrogen) atoms. The van der Waals surface area contributed by atoms with Crippen LogP contribution in [-0.4, -0.2) is 4.92 Å². The third kappa shape index (κ3) is 6.21. The van der Waals surface area contributed by atoms with Gasteiger partial charge in [0.25, 0.3) is 5.69 Å². The number of halogens is 5. The van der Waals surface area contributed by atoms with Gasteiger partial charge in [0.15, 0.2) is 11.6 Å². The van der Waals surface area contributed by atoms with Gasteiger partial charge in [-0.05, 0) is 42.6 Å². The minimum absolute atomic E-state index is 0.0357. The average Bonchev–Trinajstić information content (AvgIpc) is 2.74. The van der Waals surface area contributed by atoms with Gasteiger partial charge in [0.1, 0.15) is 17.3 Å². The second-order valence-corrected chi connectivity index (χ2v) is 7.67. The maximum absolute atomic E-state index is 13.7. The number of hydrogen-bond acceptors (Lipinski definition) is 5. The van der Waals surface area contributed by atoms with Crippen LogP contribution >= 0.6 is 35.1 Å². The van der Waals surface area contributed by atoms with E-state index in [2.05, 4.69) is 4.72 Å². The topological polar surface area (TPSA) is 64.4 Å². The van der Waals surface area contributed by atoms with Crippen LogP contribution in [-0.2, 0) is 0 Å². The third-order valence-corrected chi connectivity index (χ3v) is 5.20. The molecule has 3 aromatic carbocycles. The fraction of sp³-hybridized carbons (Fsp3) is 0.143. The number of nitro benzene ring substituents is 1. The lowest BCUT2D eigenvalue weighted by molar-refractivity contribution is -0.384. The Morgan fingerprint density at radius 1 is 0.969 bits per heavy atom. The van der Waals surface area contributed by atoms with Gasteiger partial charge in [0.05, 0.1) is 20.7 Å². The van der Waals surface area contributed by atoms with E-state index in [1.165, 1.54) is 18.2 Å². The number of anilines is 1. The van der Waals surface area contributed by atoms with Crippen LogP contribution in [0.25, 0.3) is 0 Å². The number of rotatable bonds is 6. The van der Waals surface area contributed by atoms with Gasteiger partial charge in [-0.3, -0.25) is 10.1 Å². The minimum atomic E-state index is -1.28. The molecular weight excluding hydrogens is 488 g/mol. The van der Waals surface area contributed by atoms with E-state index < -0.39 is 22.4 Å². The first kappa shape index (κ1) is 25.6. The van der Waals surface area contributed by atoms with Crippen molar-refractivity contribution < 1.29 is 22.8 Å². The lowest BCUT2D eigenvalue weighted by Gasteiger charge is -2.14.